The van der Waals surface area contributed by atoms with Gasteiger partial charge in [-0.05, 0) is 24.8 Å². The lowest BCUT2D eigenvalue weighted by Gasteiger charge is -2.16. The molecule has 0 spiro atoms. The van der Waals surface area contributed by atoms with E-state index in [4.69, 9.17) is 12.3 Å². The highest BCUT2D eigenvalue weighted by Gasteiger charge is 2.12. The third-order valence-electron chi connectivity index (χ3n) is 2.79. The van der Waals surface area contributed by atoms with Crippen molar-refractivity contribution >= 4 is 59.7 Å². The van der Waals surface area contributed by atoms with Crippen molar-refractivity contribution in [3.63, 3.8) is 0 Å². The van der Waals surface area contributed by atoms with Crippen LogP contribution in [0.1, 0.15) is 0 Å². The largest absolute Gasteiger partial charge is 0.464 e. The standard InChI is InChI=1S/C10H26O3Si6/c1-17(2)11-14-15-12-19(4)16-13-18(3)10-8-6-5-7-9-10/h5-9,17-19H,14-16H2,1-4H3. The average Bonchev–Trinajstić information content (AvgIpc) is 2.41. The second-order valence-electron chi connectivity index (χ2n) is 4.99. The van der Waals surface area contributed by atoms with Crippen molar-refractivity contribution in [1.82, 2.24) is 0 Å². The fourth-order valence-corrected chi connectivity index (χ4v) is 30.1. The lowest BCUT2D eigenvalue weighted by atomic mass is 10.4. The highest BCUT2D eigenvalue weighted by atomic mass is 29.2. The Morgan fingerprint density at radius 2 is 1.47 bits per heavy atom. The summed E-state index contributed by atoms with van der Waals surface area (Å²) < 4.78 is 18.1. The molecule has 1 aromatic carbocycles. The monoisotopic (exact) mass is 362 g/mol. The molecule has 0 bridgehead atoms. The van der Waals surface area contributed by atoms with Crippen molar-refractivity contribution in [2.75, 3.05) is 0 Å². The predicted octanol–water partition coefficient (Wildman–Crippen LogP) is -1.70. The van der Waals surface area contributed by atoms with Gasteiger partial charge < -0.3 is 12.3 Å². The van der Waals surface area contributed by atoms with Crippen LogP contribution in [0.2, 0.25) is 26.2 Å². The van der Waals surface area contributed by atoms with Crippen LogP contribution in [0.15, 0.2) is 30.3 Å². The van der Waals surface area contributed by atoms with E-state index in [1.807, 2.05) is 0 Å². The first kappa shape index (κ1) is 17.5. The Morgan fingerprint density at radius 1 is 0.842 bits per heavy atom. The van der Waals surface area contributed by atoms with Crippen molar-refractivity contribution in [2.45, 2.75) is 26.2 Å². The summed E-state index contributed by atoms with van der Waals surface area (Å²) in [6, 6.07) is 10.7. The molecule has 0 aromatic heterocycles. The Bertz CT molecular complexity index is 339. The summed E-state index contributed by atoms with van der Waals surface area (Å²) >= 11 is 0. The summed E-state index contributed by atoms with van der Waals surface area (Å²) in [4.78, 5) is 0. The number of hydrogen-bond donors (Lipinski definition) is 0. The molecule has 0 saturated carbocycles. The smallest absolute Gasteiger partial charge is 0.191 e. The number of rotatable bonds is 9. The van der Waals surface area contributed by atoms with E-state index in [1.54, 1.807) is 0 Å². The molecule has 0 amide bonds. The van der Waals surface area contributed by atoms with E-state index in [9.17, 15) is 0 Å². The molecule has 108 valence electrons. The molecule has 1 aromatic rings. The van der Waals surface area contributed by atoms with E-state index in [2.05, 4.69) is 56.5 Å². The molecular weight excluding hydrogens is 337 g/mol. The Kier molecular flexibility index (Phi) is 9.35. The van der Waals surface area contributed by atoms with E-state index in [-0.39, 0.29) is 18.6 Å². The molecule has 2 unspecified atom stereocenters. The van der Waals surface area contributed by atoms with Gasteiger partial charge in [0.05, 0.1) is 0 Å². The van der Waals surface area contributed by atoms with Crippen LogP contribution in [0.5, 0.6) is 0 Å². The van der Waals surface area contributed by atoms with Crippen molar-refractivity contribution in [1.29, 1.82) is 0 Å². The van der Waals surface area contributed by atoms with E-state index in [0.717, 1.165) is 0 Å². The minimum Gasteiger partial charge on any atom is -0.464 e. The van der Waals surface area contributed by atoms with Gasteiger partial charge in [-0.1, -0.05) is 36.9 Å². The van der Waals surface area contributed by atoms with Gasteiger partial charge in [-0.15, -0.1) is 0 Å². The molecule has 0 aliphatic heterocycles. The van der Waals surface area contributed by atoms with E-state index >= 15 is 0 Å². The lowest BCUT2D eigenvalue weighted by molar-refractivity contribution is 0.596. The van der Waals surface area contributed by atoms with Crippen LogP contribution >= 0.6 is 0 Å². The molecule has 3 nitrogen and oxygen atoms in total. The molecule has 0 N–H and O–H groups in total. The predicted molar refractivity (Wildman–Crippen MR) is 99.9 cm³/mol. The summed E-state index contributed by atoms with van der Waals surface area (Å²) in [5.74, 6) is 0. The lowest BCUT2D eigenvalue weighted by Crippen LogP contribution is -2.38. The van der Waals surface area contributed by atoms with Crippen LogP contribution < -0.4 is 5.19 Å². The first-order valence-electron chi connectivity index (χ1n) is 6.99. The van der Waals surface area contributed by atoms with Gasteiger partial charge in [0.15, 0.2) is 54.5 Å². The molecule has 1 rings (SSSR count). The van der Waals surface area contributed by atoms with Gasteiger partial charge in [0.25, 0.3) is 0 Å². The summed E-state index contributed by atoms with van der Waals surface area (Å²) in [5, 5.41) is 1.41. The van der Waals surface area contributed by atoms with Crippen molar-refractivity contribution in [3.05, 3.63) is 30.3 Å². The summed E-state index contributed by atoms with van der Waals surface area (Å²) in [6.07, 6.45) is 0. The normalized spacial score (nSPS) is 16.5. The van der Waals surface area contributed by atoms with Crippen LogP contribution in [0.3, 0.4) is 0 Å². The zero-order chi connectivity index (χ0) is 14.1. The van der Waals surface area contributed by atoms with Crippen molar-refractivity contribution in [2.24, 2.45) is 0 Å². The van der Waals surface area contributed by atoms with Gasteiger partial charge in [0.2, 0.25) is 0 Å². The highest BCUT2D eigenvalue weighted by molar-refractivity contribution is 7.11. The molecule has 2 atom stereocenters. The van der Waals surface area contributed by atoms with Crippen LogP contribution in [-0.2, 0) is 12.3 Å². The quantitative estimate of drug-likeness (QED) is 0.387. The molecule has 0 radical (unpaired) electrons. The Labute approximate surface area is 128 Å². The van der Waals surface area contributed by atoms with Gasteiger partial charge in [-0.2, -0.15) is 0 Å². The third-order valence-corrected chi connectivity index (χ3v) is 24.3. The minimum absolute atomic E-state index is 0.275. The van der Waals surface area contributed by atoms with Crippen LogP contribution in [-0.4, -0.2) is 54.5 Å². The Hall–Kier alpha value is 0.401. The van der Waals surface area contributed by atoms with Gasteiger partial charge >= 0.3 is 0 Å². The summed E-state index contributed by atoms with van der Waals surface area (Å²) in [7, 11) is -3.89. The highest BCUT2D eigenvalue weighted by Crippen LogP contribution is 1.92. The van der Waals surface area contributed by atoms with Gasteiger partial charge in [0, 0.05) is 0 Å². The summed E-state index contributed by atoms with van der Waals surface area (Å²) in [6.45, 7) is 9.08. The summed E-state index contributed by atoms with van der Waals surface area (Å²) in [5.41, 5.74) is 0. The molecule has 0 saturated heterocycles. The van der Waals surface area contributed by atoms with Crippen LogP contribution in [0.25, 0.3) is 0 Å². The van der Waals surface area contributed by atoms with Gasteiger partial charge in [-0.25, -0.2) is 0 Å². The SMILES string of the molecule is C[SiH](C)O[SiH2][SiH2]O[SiH](C)[SiH2]O[SiH](C)c1ccccc1. The fourth-order valence-electron chi connectivity index (χ4n) is 1.68. The zero-order valence-corrected chi connectivity index (χ0v) is 20.2. The molecule has 0 fully saturated rings. The van der Waals surface area contributed by atoms with Gasteiger partial charge in [-0.3, -0.25) is 0 Å². The zero-order valence-electron chi connectivity index (χ0n) is 12.5. The number of hydrogen-bond acceptors (Lipinski definition) is 3. The number of benzene rings is 1. The molecule has 0 heterocycles. The van der Waals surface area contributed by atoms with E-state index in [0.29, 0.717) is 0 Å². The second kappa shape index (κ2) is 10.2. The first-order valence-corrected chi connectivity index (χ1v) is 22.6. The van der Waals surface area contributed by atoms with Crippen LogP contribution in [0, 0.1) is 0 Å². The molecule has 9 heteroatoms. The molecular formula is C10H26O3Si6. The van der Waals surface area contributed by atoms with E-state index < -0.39 is 35.9 Å². The van der Waals surface area contributed by atoms with Crippen LogP contribution in [0.4, 0.5) is 0 Å². The van der Waals surface area contributed by atoms with Gasteiger partial charge in [0.1, 0.15) is 0 Å². The second-order valence-corrected chi connectivity index (χ2v) is 22.7. The Morgan fingerprint density at radius 3 is 2.11 bits per heavy atom. The maximum absolute atomic E-state index is 6.19. The Balaban J connectivity index is 2.14. The fraction of sp³-hybridized carbons (Fsp3) is 0.400. The van der Waals surface area contributed by atoms with E-state index in [1.165, 1.54) is 5.19 Å². The average molecular weight is 363 g/mol. The molecule has 0 aliphatic rings. The maximum atomic E-state index is 6.19. The van der Waals surface area contributed by atoms with Crippen molar-refractivity contribution < 1.29 is 12.3 Å². The molecule has 0 aliphatic carbocycles. The van der Waals surface area contributed by atoms with Crippen molar-refractivity contribution in [3.8, 4) is 0 Å². The molecule has 19 heavy (non-hydrogen) atoms. The maximum Gasteiger partial charge on any atom is 0.191 e. The third kappa shape index (κ3) is 8.31. The minimum atomic E-state index is -1.16. The first-order chi connectivity index (χ1) is 9.09. The topological polar surface area (TPSA) is 27.7 Å².